The van der Waals surface area contributed by atoms with Gasteiger partial charge in [0.1, 0.15) is 17.9 Å². The lowest BCUT2D eigenvalue weighted by atomic mass is 9.96. The minimum atomic E-state index is -5.88. The number of aromatic nitrogens is 2. The molecule has 4 nitrogen and oxygen atoms in total. The zero-order valence-electron chi connectivity index (χ0n) is 16.0. The van der Waals surface area contributed by atoms with Gasteiger partial charge >= 0.3 is 12.1 Å². The zero-order valence-corrected chi connectivity index (χ0v) is 16.0. The van der Waals surface area contributed by atoms with Crippen molar-refractivity contribution < 1.29 is 30.7 Å². The first-order valence-electron chi connectivity index (χ1n) is 9.20. The number of anilines is 1. The van der Waals surface area contributed by atoms with Crippen molar-refractivity contribution in [3.8, 4) is 11.1 Å². The van der Waals surface area contributed by atoms with E-state index in [1.165, 1.54) is 24.8 Å². The molecule has 0 bridgehead atoms. The van der Waals surface area contributed by atoms with Gasteiger partial charge in [0.05, 0.1) is 11.7 Å². The molecule has 0 aliphatic carbocycles. The Morgan fingerprint density at radius 3 is 2.25 bits per heavy atom. The Bertz CT molecular complexity index is 1160. The van der Waals surface area contributed by atoms with E-state index in [1.54, 1.807) is 18.2 Å². The van der Waals surface area contributed by atoms with Crippen molar-refractivity contribution in [2.45, 2.75) is 24.6 Å². The molecular weight excluding hydrogens is 441 g/mol. The third-order valence-corrected chi connectivity index (χ3v) is 4.95. The predicted molar refractivity (Wildman–Crippen MR) is 102 cm³/mol. The molecule has 2 heterocycles. The molecule has 1 aromatic heterocycles. The normalized spacial score (nSPS) is 16.9. The molecule has 0 amide bonds. The molecule has 1 unspecified atom stereocenters. The number of hydrazone groups is 1. The van der Waals surface area contributed by atoms with Crippen molar-refractivity contribution in [3.63, 3.8) is 0 Å². The van der Waals surface area contributed by atoms with E-state index in [4.69, 9.17) is 0 Å². The fraction of sp³-hybridized carbons (Fsp3) is 0.190. The average molecular weight is 454 g/mol. The van der Waals surface area contributed by atoms with Gasteiger partial charge in [-0.15, -0.1) is 0 Å². The summed E-state index contributed by atoms with van der Waals surface area (Å²) in [6, 6.07) is 7.39. The van der Waals surface area contributed by atoms with Gasteiger partial charge in [-0.25, -0.2) is 18.7 Å². The highest BCUT2D eigenvalue weighted by molar-refractivity contribution is 5.95. The number of halogens is 7. The number of rotatable bonds is 4. The first kappa shape index (κ1) is 21.7. The second kappa shape index (κ2) is 7.88. The van der Waals surface area contributed by atoms with E-state index in [0.29, 0.717) is 22.8 Å². The summed E-state index contributed by atoms with van der Waals surface area (Å²) in [4.78, 5) is 7.78. The molecule has 0 saturated heterocycles. The molecule has 32 heavy (non-hydrogen) atoms. The van der Waals surface area contributed by atoms with Crippen molar-refractivity contribution in [2.24, 2.45) is 5.10 Å². The molecule has 0 fully saturated rings. The second-order valence-corrected chi connectivity index (χ2v) is 7.03. The maximum absolute atomic E-state index is 14.4. The van der Waals surface area contributed by atoms with E-state index < -0.39 is 47.6 Å². The van der Waals surface area contributed by atoms with Gasteiger partial charge < -0.3 is 0 Å². The summed E-state index contributed by atoms with van der Waals surface area (Å²) in [6.45, 7) is 0. The number of hydrogen-bond acceptors (Lipinski definition) is 4. The molecule has 0 saturated carbocycles. The molecule has 166 valence electrons. The van der Waals surface area contributed by atoms with Crippen LogP contribution in [0.4, 0.5) is 36.4 Å². The number of benzene rings is 2. The lowest BCUT2D eigenvalue weighted by Crippen LogP contribution is -2.43. The number of alkyl halides is 5. The summed E-state index contributed by atoms with van der Waals surface area (Å²) in [6.07, 6.45) is -2.40. The topological polar surface area (TPSA) is 41.4 Å². The number of hydrogen-bond donors (Lipinski definition) is 0. The van der Waals surface area contributed by atoms with Gasteiger partial charge in [-0.05, 0) is 29.3 Å². The van der Waals surface area contributed by atoms with Crippen LogP contribution in [-0.4, -0.2) is 27.8 Å². The van der Waals surface area contributed by atoms with E-state index in [9.17, 15) is 30.7 Å². The first-order valence-corrected chi connectivity index (χ1v) is 9.20. The van der Waals surface area contributed by atoms with Gasteiger partial charge in [-0.2, -0.15) is 27.1 Å². The van der Waals surface area contributed by atoms with Crippen LogP contribution in [0.5, 0.6) is 0 Å². The van der Waals surface area contributed by atoms with Crippen LogP contribution in [0, 0.1) is 11.6 Å². The lowest BCUT2D eigenvalue weighted by molar-refractivity contribution is -0.249. The van der Waals surface area contributed by atoms with E-state index in [2.05, 4.69) is 15.1 Å². The highest BCUT2D eigenvalue weighted by atomic mass is 19.4. The van der Waals surface area contributed by atoms with Crippen LogP contribution in [-0.2, 0) is 0 Å². The second-order valence-electron chi connectivity index (χ2n) is 7.03. The smallest absolute Gasteiger partial charge is 0.255 e. The highest BCUT2D eigenvalue weighted by Gasteiger charge is 2.62. The molecule has 0 N–H and O–H groups in total. The maximum Gasteiger partial charge on any atom is 0.459 e. The fourth-order valence-corrected chi connectivity index (χ4v) is 3.39. The van der Waals surface area contributed by atoms with Crippen LogP contribution >= 0.6 is 0 Å². The van der Waals surface area contributed by atoms with Crippen LogP contribution in [0.2, 0.25) is 0 Å². The van der Waals surface area contributed by atoms with Crippen LogP contribution in [0.3, 0.4) is 0 Å². The third kappa shape index (κ3) is 3.90. The quantitative estimate of drug-likeness (QED) is 0.459. The average Bonchev–Trinajstić information content (AvgIpc) is 3.19. The summed E-state index contributed by atoms with van der Waals surface area (Å²) in [5, 5.41) is 4.17. The predicted octanol–water partition coefficient (Wildman–Crippen LogP) is 5.93. The Kier molecular flexibility index (Phi) is 5.35. The van der Waals surface area contributed by atoms with Crippen molar-refractivity contribution in [1.82, 2.24) is 9.97 Å². The minimum Gasteiger partial charge on any atom is -0.255 e. The monoisotopic (exact) mass is 454 g/mol. The Morgan fingerprint density at radius 1 is 0.875 bits per heavy atom. The van der Waals surface area contributed by atoms with Gasteiger partial charge in [-0.1, -0.05) is 18.2 Å². The molecule has 3 aromatic rings. The third-order valence-electron chi connectivity index (χ3n) is 4.95. The lowest BCUT2D eigenvalue weighted by Gasteiger charge is -2.25. The van der Waals surface area contributed by atoms with Crippen LogP contribution < -0.4 is 5.01 Å². The van der Waals surface area contributed by atoms with Crippen molar-refractivity contribution in [3.05, 3.63) is 78.4 Å². The fourth-order valence-electron chi connectivity index (χ4n) is 3.39. The van der Waals surface area contributed by atoms with Crippen molar-refractivity contribution in [1.29, 1.82) is 0 Å². The zero-order chi connectivity index (χ0) is 23.1. The van der Waals surface area contributed by atoms with Gasteiger partial charge in [0, 0.05) is 30.4 Å². The Hall–Kier alpha value is -3.50. The van der Waals surface area contributed by atoms with E-state index in [-0.39, 0.29) is 0 Å². The Labute approximate surface area is 177 Å². The molecule has 4 rings (SSSR count). The van der Waals surface area contributed by atoms with Gasteiger partial charge in [0.15, 0.2) is 5.82 Å². The standard InChI is InChI=1S/C21H13F7N4/c22-15-4-5-17(16(23)7-15)32-18(8-19(31-32)20(24,25)21(26,27)28)13-3-1-2-12(6-13)14-9-29-11-30-10-14/h1-7,9-11,18H,8H2. The summed E-state index contributed by atoms with van der Waals surface area (Å²) < 4.78 is 94.8. The molecular formula is C21H13F7N4. The molecule has 0 radical (unpaired) electrons. The Morgan fingerprint density at radius 2 is 1.59 bits per heavy atom. The molecule has 0 spiro atoms. The summed E-state index contributed by atoms with van der Waals surface area (Å²) >= 11 is 0. The molecule has 1 atom stereocenters. The van der Waals surface area contributed by atoms with Gasteiger partial charge in [-0.3, -0.25) is 5.01 Å². The minimum absolute atomic E-state index is 0.298. The summed E-state index contributed by atoms with van der Waals surface area (Å²) in [5.41, 5.74) is -0.455. The highest BCUT2D eigenvalue weighted by Crippen LogP contribution is 2.45. The summed E-state index contributed by atoms with van der Waals surface area (Å²) in [7, 11) is 0. The van der Waals surface area contributed by atoms with E-state index >= 15 is 0 Å². The maximum atomic E-state index is 14.4. The van der Waals surface area contributed by atoms with Crippen LogP contribution in [0.15, 0.2) is 66.3 Å². The molecule has 1 aliphatic heterocycles. The van der Waals surface area contributed by atoms with E-state index in [0.717, 1.165) is 17.1 Å². The molecule has 1 aliphatic rings. The van der Waals surface area contributed by atoms with Crippen LogP contribution in [0.25, 0.3) is 11.1 Å². The van der Waals surface area contributed by atoms with E-state index in [1.807, 2.05) is 0 Å². The van der Waals surface area contributed by atoms with Crippen molar-refractivity contribution in [2.75, 3.05) is 5.01 Å². The molecule has 2 aromatic carbocycles. The largest absolute Gasteiger partial charge is 0.459 e. The Balaban J connectivity index is 1.80. The first-order chi connectivity index (χ1) is 15.1. The van der Waals surface area contributed by atoms with Gasteiger partial charge in [0.2, 0.25) is 0 Å². The SMILES string of the molecule is Fc1ccc(N2N=C(C(F)(F)C(F)(F)F)CC2c2cccc(-c3cncnc3)c2)c(F)c1. The number of nitrogens with zero attached hydrogens (tertiary/aromatic N) is 4. The molecule has 11 heteroatoms. The van der Waals surface area contributed by atoms with Crippen molar-refractivity contribution >= 4 is 11.4 Å². The summed E-state index contributed by atoms with van der Waals surface area (Å²) in [5.74, 6) is -7.30. The van der Waals surface area contributed by atoms with Gasteiger partial charge in [0.25, 0.3) is 0 Å². The van der Waals surface area contributed by atoms with Crippen LogP contribution in [0.1, 0.15) is 18.0 Å².